The van der Waals surface area contributed by atoms with Crippen LogP contribution in [0.3, 0.4) is 0 Å². The molecule has 150 valence electrons. The van der Waals surface area contributed by atoms with Crippen LogP contribution in [0, 0.1) is 10.1 Å². The Hall–Kier alpha value is -3.88. The van der Waals surface area contributed by atoms with E-state index in [0.717, 1.165) is 6.08 Å². The van der Waals surface area contributed by atoms with Gasteiger partial charge in [-0.1, -0.05) is 12.1 Å². The van der Waals surface area contributed by atoms with Gasteiger partial charge in [0.05, 0.1) is 10.5 Å². The van der Waals surface area contributed by atoms with Crippen LogP contribution in [0.15, 0.2) is 48.5 Å². The number of hydrogen-bond donors (Lipinski definition) is 1. The van der Waals surface area contributed by atoms with Crippen molar-refractivity contribution in [3.63, 3.8) is 0 Å². The summed E-state index contributed by atoms with van der Waals surface area (Å²) in [5.41, 5.74) is 0.585. The summed E-state index contributed by atoms with van der Waals surface area (Å²) < 4.78 is 15.9. The average Bonchev–Trinajstić information content (AvgIpc) is 2.72. The number of rotatable bonds is 6. The molecule has 1 heterocycles. The van der Waals surface area contributed by atoms with Crippen LogP contribution < -0.4 is 14.8 Å². The van der Waals surface area contributed by atoms with E-state index in [2.05, 4.69) is 5.32 Å². The van der Waals surface area contributed by atoms with E-state index in [1.807, 2.05) is 0 Å². The SMILES string of the molecule is C[C@@H](OC(=O)/C=C/c1ccccc1[N+](=O)[O-])C(=O)Nc1ccc2c(c1)OCCO2. The number of para-hydroxylation sites is 1. The molecule has 1 amide bonds. The van der Waals surface area contributed by atoms with Crippen molar-refractivity contribution in [1.29, 1.82) is 0 Å². The summed E-state index contributed by atoms with van der Waals surface area (Å²) in [6.07, 6.45) is 1.23. The number of amides is 1. The molecular weight excluding hydrogens is 380 g/mol. The minimum Gasteiger partial charge on any atom is -0.486 e. The molecule has 0 unspecified atom stereocenters. The summed E-state index contributed by atoms with van der Waals surface area (Å²) in [7, 11) is 0. The molecule has 0 radical (unpaired) electrons. The van der Waals surface area contributed by atoms with Crippen LogP contribution in [0.2, 0.25) is 0 Å². The van der Waals surface area contributed by atoms with Gasteiger partial charge in [-0.3, -0.25) is 14.9 Å². The van der Waals surface area contributed by atoms with Crippen LogP contribution in [-0.2, 0) is 14.3 Å². The van der Waals surface area contributed by atoms with Crippen LogP contribution in [0.25, 0.3) is 6.08 Å². The zero-order chi connectivity index (χ0) is 20.8. The lowest BCUT2D eigenvalue weighted by molar-refractivity contribution is -0.385. The number of nitro benzene ring substituents is 1. The maximum atomic E-state index is 12.3. The number of carbonyl (C=O) groups is 2. The first kappa shape index (κ1) is 19.9. The number of fused-ring (bicyclic) bond motifs is 1. The first-order chi connectivity index (χ1) is 13.9. The van der Waals surface area contributed by atoms with Crippen molar-refractivity contribution in [1.82, 2.24) is 0 Å². The van der Waals surface area contributed by atoms with E-state index in [9.17, 15) is 19.7 Å². The Morgan fingerprint density at radius 2 is 1.90 bits per heavy atom. The molecule has 1 aliphatic heterocycles. The second kappa shape index (κ2) is 8.87. The Morgan fingerprint density at radius 1 is 1.17 bits per heavy atom. The predicted octanol–water partition coefficient (Wildman–Crippen LogP) is 2.95. The highest BCUT2D eigenvalue weighted by atomic mass is 16.6. The highest BCUT2D eigenvalue weighted by molar-refractivity contribution is 5.97. The van der Waals surface area contributed by atoms with Crippen LogP contribution >= 0.6 is 0 Å². The number of nitrogens with one attached hydrogen (secondary N) is 1. The summed E-state index contributed by atoms with van der Waals surface area (Å²) >= 11 is 0. The molecule has 29 heavy (non-hydrogen) atoms. The first-order valence-electron chi connectivity index (χ1n) is 8.76. The highest BCUT2D eigenvalue weighted by Crippen LogP contribution is 2.32. The Morgan fingerprint density at radius 3 is 2.66 bits per heavy atom. The lowest BCUT2D eigenvalue weighted by atomic mass is 10.1. The number of carbonyl (C=O) groups excluding carboxylic acids is 2. The zero-order valence-corrected chi connectivity index (χ0v) is 15.5. The third-order valence-electron chi connectivity index (χ3n) is 4.00. The second-order valence-electron chi connectivity index (χ2n) is 6.08. The van der Waals surface area contributed by atoms with Gasteiger partial charge in [-0.15, -0.1) is 0 Å². The molecular formula is C20H18N2O7. The fourth-order valence-electron chi connectivity index (χ4n) is 2.58. The third-order valence-corrected chi connectivity index (χ3v) is 4.00. The minimum atomic E-state index is -1.08. The van der Waals surface area contributed by atoms with E-state index in [1.54, 1.807) is 24.3 Å². The van der Waals surface area contributed by atoms with Crippen molar-refractivity contribution >= 4 is 29.3 Å². The molecule has 1 aliphatic rings. The lowest BCUT2D eigenvalue weighted by Crippen LogP contribution is -2.29. The van der Waals surface area contributed by atoms with Crippen molar-refractivity contribution < 1.29 is 28.7 Å². The number of hydrogen-bond acceptors (Lipinski definition) is 7. The fraction of sp³-hybridized carbons (Fsp3) is 0.200. The van der Waals surface area contributed by atoms with Crippen molar-refractivity contribution in [2.45, 2.75) is 13.0 Å². The van der Waals surface area contributed by atoms with E-state index in [1.165, 1.54) is 31.2 Å². The van der Waals surface area contributed by atoms with Crippen LogP contribution in [0.5, 0.6) is 11.5 Å². The van der Waals surface area contributed by atoms with E-state index in [0.29, 0.717) is 30.4 Å². The molecule has 1 N–H and O–H groups in total. The van der Waals surface area contributed by atoms with Gasteiger partial charge in [0.25, 0.3) is 11.6 Å². The van der Waals surface area contributed by atoms with E-state index < -0.39 is 22.9 Å². The quantitative estimate of drug-likeness (QED) is 0.344. The third kappa shape index (κ3) is 5.10. The number of anilines is 1. The van der Waals surface area contributed by atoms with Gasteiger partial charge in [-0.25, -0.2) is 4.79 Å². The summed E-state index contributed by atoms with van der Waals surface area (Å²) in [4.78, 5) is 34.7. The monoisotopic (exact) mass is 398 g/mol. The molecule has 3 rings (SSSR count). The number of nitro groups is 1. The van der Waals surface area contributed by atoms with Crippen LogP contribution in [-0.4, -0.2) is 36.1 Å². The van der Waals surface area contributed by atoms with Gasteiger partial charge in [-0.05, 0) is 31.2 Å². The summed E-state index contributed by atoms with van der Waals surface area (Å²) in [6, 6.07) is 10.9. The maximum absolute atomic E-state index is 12.3. The molecule has 9 nitrogen and oxygen atoms in total. The molecule has 2 aromatic carbocycles. The maximum Gasteiger partial charge on any atom is 0.331 e. The lowest BCUT2D eigenvalue weighted by Gasteiger charge is -2.19. The zero-order valence-electron chi connectivity index (χ0n) is 15.5. The number of nitrogens with zero attached hydrogens (tertiary/aromatic N) is 1. The largest absolute Gasteiger partial charge is 0.486 e. The van der Waals surface area contributed by atoms with Crippen LogP contribution in [0.4, 0.5) is 11.4 Å². The number of benzene rings is 2. The molecule has 0 bridgehead atoms. The van der Waals surface area contributed by atoms with E-state index >= 15 is 0 Å². The van der Waals surface area contributed by atoms with Gasteiger partial charge in [0.1, 0.15) is 13.2 Å². The fourth-order valence-corrected chi connectivity index (χ4v) is 2.58. The van der Waals surface area contributed by atoms with Crippen LogP contribution in [0.1, 0.15) is 12.5 Å². The van der Waals surface area contributed by atoms with E-state index in [4.69, 9.17) is 14.2 Å². The molecule has 9 heteroatoms. The average molecular weight is 398 g/mol. The summed E-state index contributed by atoms with van der Waals surface area (Å²) in [5, 5.41) is 13.6. The smallest absolute Gasteiger partial charge is 0.331 e. The summed E-state index contributed by atoms with van der Waals surface area (Å²) in [6.45, 7) is 2.31. The van der Waals surface area contributed by atoms with Gasteiger partial charge in [0.15, 0.2) is 17.6 Å². The second-order valence-corrected chi connectivity index (χ2v) is 6.08. The molecule has 0 spiro atoms. The van der Waals surface area contributed by atoms with Gasteiger partial charge >= 0.3 is 5.97 Å². The van der Waals surface area contributed by atoms with Crippen molar-refractivity contribution in [2.75, 3.05) is 18.5 Å². The Labute approximate surface area is 166 Å². The Bertz CT molecular complexity index is 971. The molecule has 2 aromatic rings. The first-order valence-corrected chi connectivity index (χ1v) is 8.76. The van der Waals surface area contributed by atoms with Gasteiger partial charge in [0, 0.05) is 23.9 Å². The molecule has 0 aromatic heterocycles. The Balaban J connectivity index is 1.58. The van der Waals surface area contributed by atoms with Crippen molar-refractivity contribution in [3.05, 3.63) is 64.2 Å². The minimum absolute atomic E-state index is 0.138. The number of ether oxygens (including phenoxy) is 3. The summed E-state index contributed by atoms with van der Waals surface area (Å²) in [5.74, 6) is -0.220. The highest BCUT2D eigenvalue weighted by Gasteiger charge is 2.19. The predicted molar refractivity (Wildman–Crippen MR) is 104 cm³/mol. The molecule has 0 saturated carbocycles. The number of esters is 1. The molecule has 0 saturated heterocycles. The molecule has 0 aliphatic carbocycles. The molecule has 1 atom stereocenters. The van der Waals surface area contributed by atoms with Gasteiger partial charge < -0.3 is 19.5 Å². The van der Waals surface area contributed by atoms with Crippen molar-refractivity contribution in [3.8, 4) is 11.5 Å². The molecule has 0 fully saturated rings. The standard InChI is InChI=1S/C20H18N2O7/c1-13(20(24)21-15-7-8-17-18(12-15)28-11-10-27-17)29-19(23)9-6-14-4-2-3-5-16(14)22(25)26/h2-9,12-13H,10-11H2,1H3,(H,21,24)/b9-6+/t13-/m1/s1. The Kier molecular flexibility index (Phi) is 6.08. The normalized spacial score (nSPS) is 13.6. The topological polar surface area (TPSA) is 117 Å². The van der Waals surface area contributed by atoms with E-state index in [-0.39, 0.29) is 11.3 Å². The van der Waals surface area contributed by atoms with Gasteiger partial charge in [-0.2, -0.15) is 0 Å². The van der Waals surface area contributed by atoms with Crippen molar-refractivity contribution in [2.24, 2.45) is 0 Å². The van der Waals surface area contributed by atoms with Gasteiger partial charge in [0.2, 0.25) is 0 Å².